The molecule has 4 nitrogen and oxygen atoms in total. The van der Waals surface area contributed by atoms with E-state index in [9.17, 15) is 4.79 Å². The third-order valence-corrected chi connectivity index (χ3v) is 3.63. The monoisotopic (exact) mass is 241 g/mol. The Morgan fingerprint density at radius 3 is 2.76 bits per heavy atom. The summed E-state index contributed by atoms with van der Waals surface area (Å²) in [5, 5.41) is 0. The van der Waals surface area contributed by atoms with Crippen LogP contribution in [0, 0.1) is 5.92 Å². The van der Waals surface area contributed by atoms with Crippen LogP contribution in [0.15, 0.2) is 0 Å². The highest BCUT2D eigenvalue weighted by Crippen LogP contribution is 2.20. The number of carbonyl (C=O) groups excluding carboxylic acids is 1. The van der Waals surface area contributed by atoms with Gasteiger partial charge in [0.05, 0.1) is 6.61 Å². The number of hydrogen-bond acceptors (Lipinski definition) is 4. The van der Waals surface area contributed by atoms with Gasteiger partial charge in [-0.25, -0.2) is 0 Å². The first kappa shape index (κ1) is 13.0. The van der Waals surface area contributed by atoms with Gasteiger partial charge in [0.25, 0.3) is 0 Å². The Kier molecular flexibility index (Phi) is 4.95. The summed E-state index contributed by atoms with van der Waals surface area (Å²) in [5.41, 5.74) is 0. The van der Waals surface area contributed by atoms with Crippen LogP contribution in [0.5, 0.6) is 0 Å². The Balaban J connectivity index is 1.85. The summed E-state index contributed by atoms with van der Waals surface area (Å²) in [4.78, 5) is 14.6. The van der Waals surface area contributed by atoms with Crippen LogP contribution in [0.4, 0.5) is 0 Å². The average molecular weight is 241 g/mol. The first-order chi connectivity index (χ1) is 8.31. The molecule has 0 aromatic rings. The van der Waals surface area contributed by atoms with E-state index >= 15 is 0 Å². The lowest BCUT2D eigenvalue weighted by Gasteiger charge is -2.34. The van der Waals surface area contributed by atoms with Gasteiger partial charge in [-0.2, -0.15) is 0 Å². The van der Waals surface area contributed by atoms with Crippen LogP contribution in [0.25, 0.3) is 0 Å². The van der Waals surface area contributed by atoms with E-state index in [-0.39, 0.29) is 12.0 Å². The third-order valence-electron chi connectivity index (χ3n) is 3.63. The molecule has 1 atom stereocenters. The van der Waals surface area contributed by atoms with E-state index < -0.39 is 0 Å². The van der Waals surface area contributed by atoms with Crippen molar-refractivity contribution >= 4 is 5.78 Å². The largest absolute Gasteiger partial charge is 0.381 e. The zero-order valence-electron chi connectivity index (χ0n) is 10.7. The highest BCUT2D eigenvalue weighted by atomic mass is 16.5. The van der Waals surface area contributed by atoms with Gasteiger partial charge in [0.2, 0.25) is 0 Å². The smallest absolute Gasteiger partial charge is 0.166 e. The van der Waals surface area contributed by atoms with Gasteiger partial charge in [-0.3, -0.25) is 9.69 Å². The minimum absolute atomic E-state index is 0.162. The van der Waals surface area contributed by atoms with E-state index in [0.717, 1.165) is 52.1 Å². The lowest BCUT2D eigenvalue weighted by Crippen LogP contribution is -2.48. The van der Waals surface area contributed by atoms with Gasteiger partial charge in [0.1, 0.15) is 6.10 Å². The van der Waals surface area contributed by atoms with Crippen molar-refractivity contribution < 1.29 is 14.3 Å². The van der Waals surface area contributed by atoms with E-state index in [1.165, 1.54) is 0 Å². The van der Waals surface area contributed by atoms with E-state index in [2.05, 4.69) is 11.8 Å². The van der Waals surface area contributed by atoms with E-state index in [4.69, 9.17) is 9.47 Å². The maximum Gasteiger partial charge on any atom is 0.166 e. The van der Waals surface area contributed by atoms with Gasteiger partial charge >= 0.3 is 0 Å². The molecule has 0 aromatic carbocycles. The minimum atomic E-state index is -0.196. The number of nitrogens with zero attached hydrogens (tertiary/aromatic N) is 1. The normalized spacial score (nSPS) is 28.2. The molecular formula is C13H23NO3. The maximum absolute atomic E-state index is 12.3. The van der Waals surface area contributed by atoms with Crippen molar-refractivity contribution in [2.75, 3.05) is 39.5 Å². The molecule has 0 N–H and O–H groups in total. The summed E-state index contributed by atoms with van der Waals surface area (Å²) in [5.74, 6) is 0.462. The molecular weight excluding hydrogens is 218 g/mol. The van der Waals surface area contributed by atoms with E-state index in [0.29, 0.717) is 12.4 Å². The van der Waals surface area contributed by atoms with Crippen molar-refractivity contribution in [2.45, 2.75) is 32.3 Å². The van der Waals surface area contributed by atoms with Crippen molar-refractivity contribution in [1.29, 1.82) is 0 Å². The standard InChI is InChI=1S/C13H23NO3/c1-2-5-14-6-9-17-12(10-14)13(15)11-3-7-16-8-4-11/h11-12H,2-10H2,1H3. The number of hydrogen-bond donors (Lipinski definition) is 0. The molecule has 4 heteroatoms. The molecule has 1 unspecified atom stereocenters. The lowest BCUT2D eigenvalue weighted by molar-refractivity contribution is -0.143. The fraction of sp³-hybridized carbons (Fsp3) is 0.923. The Morgan fingerprint density at radius 1 is 1.29 bits per heavy atom. The summed E-state index contributed by atoms with van der Waals surface area (Å²) < 4.78 is 10.9. The second kappa shape index (κ2) is 6.47. The zero-order valence-corrected chi connectivity index (χ0v) is 10.7. The van der Waals surface area contributed by atoms with Crippen molar-refractivity contribution in [3.05, 3.63) is 0 Å². The number of ether oxygens (including phenoxy) is 2. The van der Waals surface area contributed by atoms with E-state index in [1.54, 1.807) is 0 Å². The molecule has 2 fully saturated rings. The van der Waals surface area contributed by atoms with Gasteiger partial charge in [0, 0.05) is 32.2 Å². The van der Waals surface area contributed by atoms with Crippen molar-refractivity contribution in [1.82, 2.24) is 4.90 Å². The van der Waals surface area contributed by atoms with E-state index in [1.807, 2.05) is 0 Å². The molecule has 2 heterocycles. The van der Waals surface area contributed by atoms with Crippen LogP contribution in [-0.2, 0) is 14.3 Å². The molecule has 98 valence electrons. The van der Waals surface area contributed by atoms with Crippen molar-refractivity contribution in [3.63, 3.8) is 0 Å². The number of rotatable bonds is 4. The predicted octanol–water partition coefficient (Wildman–Crippen LogP) is 1.09. The maximum atomic E-state index is 12.3. The Bertz CT molecular complexity index is 249. The SMILES string of the molecule is CCCN1CCOC(C(=O)C2CCOCC2)C1. The van der Waals surface area contributed by atoms with Crippen LogP contribution < -0.4 is 0 Å². The fourth-order valence-corrected chi connectivity index (χ4v) is 2.64. The quantitative estimate of drug-likeness (QED) is 0.738. The molecule has 0 radical (unpaired) electrons. The molecule has 0 spiro atoms. The van der Waals surface area contributed by atoms with Crippen LogP contribution >= 0.6 is 0 Å². The number of morpholine rings is 1. The first-order valence-electron chi connectivity index (χ1n) is 6.76. The summed E-state index contributed by atoms with van der Waals surface area (Å²) in [6, 6.07) is 0. The van der Waals surface area contributed by atoms with Gasteiger partial charge < -0.3 is 9.47 Å². The molecule has 0 aromatic heterocycles. The van der Waals surface area contributed by atoms with Gasteiger partial charge in [0.15, 0.2) is 5.78 Å². The highest BCUT2D eigenvalue weighted by molar-refractivity contribution is 5.85. The molecule has 2 rings (SSSR count). The Hall–Kier alpha value is -0.450. The number of Topliss-reactive ketones (excluding diaryl/α,β-unsaturated/α-hetero) is 1. The lowest BCUT2D eigenvalue weighted by atomic mass is 9.91. The average Bonchev–Trinajstić information content (AvgIpc) is 2.40. The highest BCUT2D eigenvalue weighted by Gasteiger charge is 2.32. The molecule has 2 aliphatic heterocycles. The summed E-state index contributed by atoms with van der Waals surface area (Å²) >= 11 is 0. The molecule has 0 bridgehead atoms. The topological polar surface area (TPSA) is 38.8 Å². The number of ketones is 1. The third kappa shape index (κ3) is 3.50. The van der Waals surface area contributed by atoms with Gasteiger partial charge in [-0.15, -0.1) is 0 Å². The van der Waals surface area contributed by atoms with Crippen LogP contribution in [-0.4, -0.2) is 56.2 Å². The Morgan fingerprint density at radius 2 is 2.06 bits per heavy atom. The molecule has 2 aliphatic rings. The molecule has 0 saturated carbocycles. The van der Waals surface area contributed by atoms with Crippen LogP contribution in [0.2, 0.25) is 0 Å². The van der Waals surface area contributed by atoms with Crippen LogP contribution in [0.3, 0.4) is 0 Å². The second-order valence-electron chi connectivity index (χ2n) is 4.95. The predicted molar refractivity (Wildman–Crippen MR) is 65.0 cm³/mol. The van der Waals surface area contributed by atoms with Gasteiger partial charge in [-0.05, 0) is 25.8 Å². The summed E-state index contributed by atoms with van der Waals surface area (Å²) in [6.45, 7) is 7.13. The fourth-order valence-electron chi connectivity index (χ4n) is 2.64. The first-order valence-corrected chi connectivity index (χ1v) is 6.76. The molecule has 0 amide bonds. The summed E-state index contributed by atoms with van der Waals surface area (Å²) in [6.07, 6.45) is 2.68. The molecule has 17 heavy (non-hydrogen) atoms. The van der Waals surface area contributed by atoms with Gasteiger partial charge in [-0.1, -0.05) is 6.92 Å². The van der Waals surface area contributed by atoms with Crippen molar-refractivity contribution in [3.8, 4) is 0 Å². The second-order valence-corrected chi connectivity index (χ2v) is 4.95. The molecule has 2 saturated heterocycles. The minimum Gasteiger partial charge on any atom is -0.381 e. The van der Waals surface area contributed by atoms with Crippen LogP contribution in [0.1, 0.15) is 26.2 Å². The molecule has 0 aliphatic carbocycles. The number of carbonyl (C=O) groups is 1. The summed E-state index contributed by atoms with van der Waals surface area (Å²) in [7, 11) is 0. The Labute approximate surface area is 103 Å². The van der Waals surface area contributed by atoms with Crippen molar-refractivity contribution in [2.24, 2.45) is 5.92 Å². The zero-order chi connectivity index (χ0) is 12.1.